The number of hydrogen-bond donors (Lipinski definition) is 2. The molecule has 1 aromatic carbocycles. The van der Waals surface area contributed by atoms with Gasteiger partial charge in [0.25, 0.3) is 0 Å². The van der Waals surface area contributed by atoms with Crippen molar-refractivity contribution in [2.24, 2.45) is 11.1 Å². The fourth-order valence-electron chi connectivity index (χ4n) is 2.92. The summed E-state index contributed by atoms with van der Waals surface area (Å²) in [5, 5.41) is 2.95. The van der Waals surface area contributed by atoms with Crippen LogP contribution in [0.4, 0.5) is 0 Å². The van der Waals surface area contributed by atoms with Crippen molar-refractivity contribution in [2.45, 2.75) is 33.2 Å². The predicted octanol–water partition coefficient (Wildman–Crippen LogP) is 1.97. The molecule has 2 unspecified atom stereocenters. The molecule has 0 radical (unpaired) electrons. The molecule has 1 amide bonds. The zero-order valence-electron chi connectivity index (χ0n) is 14.9. The molecule has 0 aliphatic carbocycles. The molecule has 5 nitrogen and oxygen atoms in total. The Kier molecular flexibility index (Phi) is 8.00. The fraction of sp³-hybridized carbons (Fsp3) is 0.611. The van der Waals surface area contributed by atoms with Crippen LogP contribution in [0.25, 0.3) is 0 Å². The van der Waals surface area contributed by atoms with Crippen molar-refractivity contribution < 1.29 is 9.53 Å². The van der Waals surface area contributed by atoms with Crippen molar-refractivity contribution in [3.63, 3.8) is 0 Å². The van der Waals surface area contributed by atoms with Gasteiger partial charge in [0.1, 0.15) is 12.4 Å². The first-order valence-corrected chi connectivity index (χ1v) is 8.35. The number of likely N-dealkylation sites (tertiary alicyclic amines) is 1. The topological polar surface area (TPSA) is 67.6 Å². The second-order valence-corrected chi connectivity index (χ2v) is 6.87. The van der Waals surface area contributed by atoms with Crippen LogP contribution in [0, 0.1) is 12.3 Å². The number of hydrogen-bond acceptors (Lipinski definition) is 4. The zero-order valence-corrected chi connectivity index (χ0v) is 15.7. The third-order valence-corrected chi connectivity index (χ3v) is 4.67. The monoisotopic (exact) mass is 355 g/mol. The maximum Gasteiger partial charge on any atom is 0.237 e. The van der Waals surface area contributed by atoms with Gasteiger partial charge in [0.05, 0.1) is 12.6 Å². The van der Waals surface area contributed by atoms with Gasteiger partial charge in [-0.05, 0) is 56.5 Å². The normalized spacial score (nSPS) is 21.8. The second kappa shape index (κ2) is 9.25. The Hall–Kier alpha value is -1.30. The van der Waals surface area contributed by atoms with E-state index in [0.717, 1.165) is 30.8 Å². The molecule has 136 valence electrons. The molecule has 24 heavy (non-hydrogen) atoms. The molecule has 0 spiro atoms. The number of ether oxygens (including phenoxy) is 1. The molecule has 0 saturated carbocycles. The number of carbonyl (C=O) groups is 1. The van der Waals surface area contributed by atoms with Gasteiger partial charge in [-0.2, -0.15) is 0 Å². The first kappa shape index (κ1) is 20.7. The van der Waals surface area contributed by atoms with Crippen molar-refractivity contribution in [1.29, 1.82) is 0 Å². The molecule has 1 aliphatic heterocycles. The molecule has 2 rings (SSSR count). The molecule has 1 aliphatic rings. The molecule has 0 bridgehead atoms. The van der Waals surface area contributed by atoms with Gasteiger partial charge >= 0.3 is 0 Å². The number of rotatable bonds is 7. The Bertz CT molecular complexity index is 541. The van der Waals surface area contributed by atoms with Gasteiger partial charge < -0.3 is 15.8 Å². The lowest BCUT2D eigenvalue weighted by molar-refractivity contribution is -0.125. The minimum Gasteiger partial charge on any atom is -0.492 e. The number of nitrogens with one attached hydrogen (secondary N) is 1. The van der Waals surface area contributed by atoms with Crippen LogP contribution >= 0.6 is 12.4 Å². The highest BCUT2D eigenvalue weighted by Crippen LogP contribution is 2.29. The van der Waals surface area contributed by atoms with Crippen LogP contribution in [0.15, 0.2) is 24.3 Å². The Morgan fingerprint density at radius 1 is 1.50 bits per heavy atom. The molecule has 1 fully saturated rings. The van der Waals surface area contributed by atoms with E-state index in [2.05, 4.69) is 17.1 Å². The minimum atomic E-state index is -0.123. The summed E-state index contributed by atoms with van der Waals surface area (Å²) in [6, 6.07) is 7.79. The smallest absolute Gasteiger partial charge is 0.237 e. The molecular weight excluding hydrogens is 326 g/mol. The summed E-state index contributed by atoms with van der Waals surface area (Å²) >= 11 is 0. The van der Waals surface area contributed by atoms with Gasteiger partial charge in [-0.25, -0.2) is 0 Å². The zero-order chi connectivity index (χ0) is 16.9. The minimum absolute atomic E-state index is 0. The van der Waals surface area contributed by atoms with Crippen molar-refractivity contribution in [3.8, 4) is 5.75 Å². The van der Waals surface area contributed by atoms with Crippen LogP contribution < -0.4 is 15.8 Å². The molecule has 2 atom stereocenters. The van der Waals surface area contributed by atoms with Gasteiger partial charge in [0.2, 0.25) is 5.91 Å². The average Bonchev–Trinajstić information content (AvgIpc) is 2.94. The lowest BCUT2D eigenvalue weighted by atomic mass is 9.90. The Morgan fingerprint density at radius 3 is 2.88 bits per heavy atom. The Morgan fingerprint density at radius 2 is 2.25 bits per heavy atom. The summed E-state index contributed by atoms with van der Waals surface area (Å²) in [6.07, 6.45) is 1.05. The highest BCUT2D eigenvalue weighted by atomic mass is 35.5. The third-order valence-electron chi connectivity index (χ3n) is 4.67. The summed E-state index contributed by atoms with van der Waals surface area (Å²) in [5.74, 6) is 0.893. The van der Waals surface area contributed by atoms with Crippen molar-refractivity contribution >= 4 is 18.3 Å². The molecule has 6 heteroatoms. The van der Waals surface area contributed by atoms with Crippen molar-refractivity contribution in [1.82, 2.24) is 10.2 Å². The summed E-state index contributed by atoms with van der Waals surface area (Å²) in [5.41, 5.74) is 7.13. The van der Waals surface area contributed by atoms with Gasteiger partial charge in [0.15, 0.2) is 0 Å². The molecule has 3 N–H and O–H groups in total. The van der Waals surface area contributed by atoms with E-state index in [0.29, 0.717) is 19.7 Å². The van der Waals surface area contributed by atoms with Crippen LogP contribution in [0.5, 0.6) is 5.75 Å². The summed E-state index contributed by atoms with van der Waals surface area (Å²) in [7, 11) is 0. The Labute approximate surface area is 151 Å². The number of amides is 1. The lowest BCUT2D eigenvalue weighted by Gasteiger charge is -2.26. The first-order chi connectivity index (χ1) is 10.9. The highest BCUT2D eigenvalue weighted by molar-refractivity contribution is 5.85. The van der Waals surface area contributed by atoms with E-state index in [-0.39, 0.29) is 29.8 Å². The number of halogens is 1. The van der Waals surface area contributed by atoms with Gasteiger partial charge in [-0.15, -0.1) is 12.4 Å². The van der Waals surface area contributed by atoms with Crippen LogP contribution in [-0.4, -0.2) is 49.6 Å². The van der Waals surface area contributed by atoms with Gasteiger partial charge in [0, 0.05) is 6.54 Å². The van der Waals surface area contributed by atoms with E-state index >= 15 is 0 Å². The van der Waals surface area contributed by atoms with E-state index in [4.69, 9.17) is 10.5 Å². The predicted molar refractivity (Wildman–Crippen MR) is 99.7 cm³/mol. The van der Waals surface area contributed by atoms with E-state index < -0.39 is 0 Å². The van der Waals surface area contributed by atoms with Crippen LogP contribution in [0.1, 0.15) is 25.8 Å². The summed E-state index contributed by atoms with van der Waals surface area (Å²) < 4.78 is 5.65. The van der Waals surface area contributed by atoms with E-state index in [9.17, 15) is 4.79 Å². The number of nitrogens with two attached hydrogens (primary N) is 1. The van der Waals surface area contributed by atoms with E-state index in [1.54, 1.807) is 0 Å². The van der Waals surface area contributed by atoms with Crippen LogP contribution in [0.2, 0.25) is 0 Å². The molecule has 1 saturated heterocycles. The maximum absolute atomic E-state index is 12.3. The maximum atomic E-state index is 12.3. The van der Waals surface area contributed by atoms with E-state index in [1.807, 2.05) is 38.1 Å². The third kappa shape index (κ3) is 5.65. The molecule has 1 aromatic rings. The first-order valence-electron chi connectivity index (χ1n) is 8.35. The van der Waals surface area contributed by atoms with E-state index in [1.165, 1.54) is 0 Å². The number of benzene rings is 1. The van der Waals surface area contributed by atoms with Crippen molar-refractivity contribution in [3.05, 3.63) is 29.8 Å². The summed E-state index contributed by atoms with van der Waals surface area (Å²) in [4.78, 5) is 14.5. The molecular formula is C18H30ClN3O2. The van der Waals surface area contributed by atoms with Crippen LogP contribution in [0.3, 0.4) is 0 Å². The summed E-state index contributed by atoms with van der Waals surface area (Å²) in [6.45, 7) is 9.65. The highest BCUT2D eigenvalue weighted by Gasteiger charge is 2.36. The van der Waals surface area contributed by atoms with Gasteiger partial charge in [-0.3, -0.25) is 9.69 Å². The fourth-order valence-corrected chi connectivity index (χ4v) is 2.92. The van der Waals surface area contributed by atoms with Crippen molar-refractivity contribution in [2.75, 3.05) is 32.8 Å². The quantitative estimate of drug-likeness (QED) is 0.734. The van der Waals surface area contributed by atoms with Crippen LogP contribution in [-0.2, 0) is 4.79 Å². The SMILES string of the molecule is Cc1cccc(OCCNC(=O)C(C)N2CCC(C)(CN)C2)c1.Cl. The number of carbonyl (C=O) groups excluding carboxylic acids is 1. The average molecular weight is 356 g/mol. The standard InChI is InChI=1S/C18H29N3O2.ClH/c1-14-5-4-6-16(11-14)23-10-8-20-17(22)15(2)21-9-7-18(3,12-19)13-21;/h4-6,11,15H,7-10,12-13,19H2,1-3H3,(H,20,22);1H. The number of nitrogens with zero attached hydrogens (tertiary/aromatic N) is 1. The number of aryl methyl sites for hydroxylation is 1. The second-order valence-electron chi connectivity index (χ2n) is 6.87. The Balaban J connectivity index is 0.00000288. The lowest BCUT2D eigenvalue weighted by Crippen LogP contribution is -2.46. The molecule has 1 heterocycles. The van der Waals surface area contributed by atoms with Gasteiger partial charge in [-0.1, -0.05) is 19.1 Å². The largest absolute Gasteiger partial charge is 0.492 e. The molecule has 0 aromatic heterocycles.